The Kier molecular flexibility index (Phi) is 6.07. The van der Waals surface area contributed by atoms with Gasteiger partial charge in [-0.25, -0.2) is 0 Å². The molecule has 1 saturated heterocycles. The van der Waals surface area contributed by atoms with Gasteiger partial charge in [0.1, 0.15) is 0 Å². The highest BCUT2D eigenvalue weighted by Gasteiger charge is 2.29. The monoisotopic (exact) mass is 258 g/mol. The van der Waals surface area contributed by atoms with Crippen LogP contribution in [0.4, 0.5) is 0 Å². The summed E-state index contributed by atoms with van der Waals surface area (Å²) < 4.78 is 5.34. The zero-order chi connectivity index (χ0) is 13.5. The molecular weight excluding hydrogens is 236 g/mol. The maximum atomic E-state index is 12.2. The van der Waals surface area contributed by atoms with Crippen LogP contribution in [0.2, 0.25) is 0 Å². The molecular formula is C12H22N2O4. The normalized spacial score (nSPS) is 21.7. The van der Waals surface area contributed by atoms with Crippen molar-refractivity contribution in [1.29, 1.82) is 0 Å². The summed E-state index contributed by atoms with van der Waals surface area (Å²) in [5.74, 6) is -1.03. The van der Waals surface area contributed by atoms with Crippen LogP contribution in [-0.4, -0.2) is 54.2 Å². The number of amides is 1. The van der Waals surface area contributed by atoms with Crippen molar-refractivity contribution in [1.82, 2.24) is 4.90 Å². The first kappa shape index (κ1) is 14.9. The maximum absolute atomic E-state index is 12.2. The van der Waals surface area contributed by atoms with Crippen molar-refractivity contribution in [2.24, 2.45) is 11.7 Å². The number of carbonyl (C=O) groups excluding carboxylic acids is 1. The number of aliphatic carboxylic acids is 1. The molecule has 0 radical (unpaired) electrons. The van der Waals surface area contributed by atoms with E-state index in [1.54, 1.807) is 4.90 Å². The molecule has 1 rings (SSSR count). The average molecular weight is 258 g/mol. The molecule has 104 valence electrons. The van der Waals surface area contributed by atoms with Gasteiger partial charge in [0, 0.05) is 19.6 Å². The lowest BCUT2D eigenvalue weighted by Crippen LogP contribution is -2.49. The first-order valence-electron chi connectivity index (χ1n) is 6.40. The van der Waals surface area contributed by atoms with Gasteiger partial charge < -0.3 is 20.5 Å². The molecule has 1 aliphatic heterocycles. The summed E-state index contributed by atoms with van der Waals surface area (Å²) in [5, 5.41) is 8.73. The van der Waals surface area contributed by atoms with Crippen LogP contribution < -0.4 is 5.73 Å². The van der Waals surface area contributed by atoms with Gasteiger partial charge in [0.15, 0.2) is 0 Å². The SMILES string of the molecule is CCCC(CN)C(=O)N1CCOC(CC(=O)O)C1. The van der Waals surface area contributed by atoms with Crippen LogP contribution in [0.3, 0.4) is 0 Å². The van der Waals surface area contributed by atoms with Crippen molar-refractivity contribution in [3.8, 4) is 0 Å². The zero-order valence-corrected chi connectivity index (χ0v) is 10.8. The first-order valence-corrected chi connectivity index (χ1v) is 6.40. The molecule has 0 aliphatic carbocycles. The molecule has 1 aliphatic rings. The summed E-state index contributed by atoms with van der Waals surface area (Å²) in [7, 11) is 0. The fourth-order valence-corrected chi connectivity index (χ4v) is 2.19. The topological polar surface area (TPSA) is 92.9 Å². The molecule has 0 aromatic carbocycles. The Morgan fingerprint density at radius 3 is 2.83 bits per heavy atom. The predicted molar refractivity (Wildman–Crippen MR) is 66.0 cm³/mol. The number of carboxylic acid groups (broad SMARTS) is 1. The van der Waals surface area contributed by atoms with Crippen LogP contribution in [0.1, 0.15) is 26.2 Å². The number of hydrogen-bond acceptors (Lipinski definition) is 4. The van der Waals surface area contributed by atoms with Gasteiger partial charge in [0.05, 0.1) is 25.0 Å². The van der Waals surface area contributed by atoms with Gasteiger partial charge in [-0.15, -0.1) is 0 Å². The fourth-order valence-electron chi connectivity index (χ4n) is 2.19. The Balaban J connectivity index is 2.54. The van der Waals surface area contributed by atoms with E-state index < -0.39 is 12.1 Å². The van der Waals surface area contributed by atoms with E-state index in [-0.39, 0.29) is 18.2 Å². The van der Waals surface area contributed by atoms with Gasteiger partial charge in [-0.3, -0.25) is 9.59 Å². The van der Waals surface area contributed by atoms with Crippen LogP contribution in [0.15, 0.2) is 0 Å². The van der Waals surface area contributed by atoms with Crippen molar-refractivity contribution in [3.63, 3.8) is 0 Å². The van der Waals surface area contributed by atoms with Crippen molar-refractivity contribution in [2.45, 2.75) is 32.3 Å². The molecule has 0 aromatic heterocycles. The summed E-state index contributed by atoms with van der Waals surface area (Å²) in [6, 6.07) is 0. The third-order valence-electron chi connectivity index (χ3n) is 3.12. The zero-order valence-electron chi connectivity index (χ0n) is 10.8. The van der Waals surface area contributed by atoms with E-state index in [2.05, 4.69) is 0 Å². The van der Waals surface area contributed by atoms with E-state index >= 15 is 0 Å². The minimum absolute atomic E-state index is 0.0260. The van der Waals surface area contributed by atoms with Crippen LogP contribution in [0.5, 0.6) is 0 Å². The number of hydrogen-bond donors (Lipinski definition) is 2. The lowest BCUT2D eigenvalue weighted by molar-refractivity contribution is -0.149. The van der Waals surface area contributed by atoms with Gasteiger partial charge in [-0.1, -0.05) is 13.3 Å². The van der Waals surface area contributed by atoms with Gasteiger partial charge >= 0.3 is 5.97 Å². The molecule has 2 atom stereocenters. The number of rotatable bonds is 6. The largest absolute Gasteiger partial charge is 0.481 e. The minimum atomic E-state index is -0.904. The molecule has 1 heterocycles. The van der Waals surface area contributed by atoms with E-state index in [4.69, 9.17) is 15.6 Å². The van der Waals surface area contributed by atoms with Crippen molar-refractivity contribution >= 4 is 11.9 Å². The van der Waals surface area contributed by atoms with Crippen LogP contribution in [-0.2, 0) is 14.3 Å². The molecule has 0 aromatic rings. The number of carbonyl (C=O) groups is 2. The van der Waals surface area contributed by atoms with Gasteiger partial charge in [0.2, 0.25) is 5.91 Å². The molecule has 6 heteroatoms. The molecule has 2 unspecified atom stereocenters. The highest BCUT2D eigenvalue weighted by atomic mass is 16.5. The number of nitrogens with two attached hydrogens (primary N) is 1. The molecule has 3 N–H and O–H groups in total. The average Bonchev–Trinajstić information content (AvgIpc) is 2.34. The lowest BCUT2D eigenvalue weighted by Gasteiger charge is -2.34. The maximum Gasteiger partial charge on any atom is 0.306 e. The second-order valence-electron chi connectivity index (χ2n) is 4.60. The molecule has 1 fully saturated rings. The van der Waals surface area contributed by atoms with Crippen molar-refractivity contribution in [3.05, 3.63) is 0 Å². The molecule has 6 nitrogen and oxygen atoms in total. The van der Waals surface area contributed by atoms with Crippen molar-refractivity contribution in [2.75, 3.05) is 26.2 Å². The quantitative estimate of drug-likeness (QED) is 0.703. The van der Waals surface area contributed by atoms with Crippen LogP contribution in [0, 0.1) is 5.92 Å². The second-order valence-corrected chi connectivity index (χ2v) is 4.60. The second kappa shape index (κ2) is 7.33. The smallest absolute Gasteiger partial charge is 0.306 e. The van der Waals surface area contributed by atoms with Gasteiger partial charge in [-0.2, -0.15) is 0 Å². The van der Waals surface area contributed by atoms with E-state index in [9.17, 15) is 9.59 Å². The van der Waals surface area contributed by atoms with Crippen molar-refractivity contribution < 1.29 is 19.4 Å². The summed E-state index contributed by atoms with van der Waals surface area (Å²) in [5.41, 5.74) is 5.61. The summed E-state index contributed by atoms with van der Waals surface area (Å²) in [6.07, 6.45) is 1.22. The number of nitrogens with zero attached hydrogens (tertiary/aromatic N) is 1. The Hall–Kier alpha value is -1.14. The van der Waals surface area contributed by atoms with Crippen LogP contribution >= 0.6 is 0 Å². The van der Waals surface area contributed by atoms with E-state index in [0.717, 1.165) is 12.8 Å². The molecule has 18 heavy (non-hydrogen) atoms. The lowest BCUT2D eigenvalue weighted by atomic mass is 10.0. The Morgan fingerprint density at radius 1 is 1.56 bits per heavy atom. The highest BCUT2D eigenvalue weighted by Crippen LogP contribution is 2.14. The fraction of sp³-hybridized carbons (Fsp3) is 0.833. The van der Waals surface area contributed by atoms with Gasteiger partial charge in [0.25, 0.3) is 0 Å². The minimum Gasteiger partial charge on any atom is -0.481 e. The Bertz CT molecular complexity index is 296. The highest BCUT2D eigenvalue weighted by molar-refractivity contribution is 5.79. The van der Waals surface area contributed by atoms with E-state index in [0.29, 0.717) is 26.2 Å². The Morgan fingerprint density at radius 2 is 2.28 bits per heavy atom. The van der Waals surface area contributed by atoms with E-state index in [1.807, 2.05) is 6.92 Å². The summed E-state index contributed by atoms with van der Waals surface area (Å²) in [4.78, 5) is 24.5. The first-order chi connectivity index (χ1) is 8.58. The van der Waals surface area contributed by atoms with Gasteiger partial charge in [-0.05, 0) is 6.42 Å². The summed E-state index contributed by atoms with van der Waals surface area (Å²) in [6.45, 7) is 3.63. The summed E-state index contributed by atoms with van der Waals surface area (Å²) >= 11 is 0. The number of carboxylic acids is 1. The molecule has 0 saturated carbocycles. The van der Waals surface area contributed by atoms with E-state index in [1.165, 1.54) is 0 Å². The third kappa shape index (κ3) is 4.27. The third-order valence-corrected chi connectivity index (χ3v) is 3.12. The van der Waals surface area contributed by atoms with Crippen LogP contribution in [0.25, 0.3) is 0 Å². The number of ether oxygens (including phenoxy) is 1. The molecule has 1 amide bonds. The number of morpholine rings is 1. The predicted octanol–water partition coefficient (Wildman–Crippen LogP) is 0.0635. The molecule has 0 spiro atoms. The Labute approximate surface area is 107 Å². The standard InChI is InChI=1S/C12H22N2O4/c1-2-3-9(7-13)12(17)14-4-5-18-10(8-14)6-11(15)16/h9-10H,2-8,13H2,1H3,(H,15,16). The molecule has 0 bridgehead atoms.